The quantitative estimate of drug-likeness (QED) is 0.283. The van der Waals surface area contributed by atoms with Crippen LogP contribution in [0, 0.1) is 0 Å². The zero-order valence-electron chi connectivity index (χ0n) is 19.4. The number of likely N-dealkylation sites (N-methyl/N-ethyl adjacent to an activating group) is 2. The maximum atomic E-state index is 12.6. The zero-order chi connectivity index (χ0) is 24.4. The third-order valence-corrected chi connectivity index (χ3v) is 6.27. The highest BCUT2D eigenvalue weighted by Gasteiger charge is 2.29. The minimum Gasteiger partial charge on any atom is -0.478 e. The molecule has 0 bridgehead atoms. The summed E-state index contributed by atoms with van der Waals surface area (Å²) >= 11 is 0. The Labute approximate surface area is 197 Å². The average Bonchev–Trinajstić information content (AvgIpc) is 3.15. The molecule has 0 saturated carbocycles. The number of carbonyl (C=O) groups is 2. The number of H-pyrrole nitrogens is 1. The lowest BCUT2D eigenvalue weighted by molar-refractivity contribution is -0.123. The molecular weight excluding hydrogens is 432 g/mol. The molecule has 0 radical (unpaired) electrons. The van der Waals surface area contributed by atoms with Crippen molar-refractivity contribution in [2.75, 3.05) is 40.3 Å². The van der Waals surface area contributed by atoms with Crippen molar-refractivity contribution in [1.82, 2.24) is 19.8 Å². The number of para-hydroxylation sites is 1. The lowest BCUT2D eigenvalue weighted by Gasteiger charge is -2.28. The van der Waals surface area contributed by atoms with E-state index in [1.165, 1.54) is 0 Å². The summed E-state index contributed by atoms with van der Waals surface area (Å²) in [6.07, 6.45) is 0.803. The van der Waals surface area contributed by atoms with Crippen LogP contribution in [0.15, 0.2) is 42.5 Å². The van der Waals surface area contributed by atoms with Gasteiger partial charge in [-0.1, -0.05) is 30.3 Å². The second-order valence-corrected chi connectivity index (χ2v) is 8.66. The van der Waals surface area contributed by atoms with Crippen LogP contribution in [-0.4, -0.2) is 77.0 Å². The second-order valence-electron chi connectivity index (χ2n) is 8.66. The predicted octanol–water partition coefficient (Wildman–Crippen LogP) is 2.31. The number of nitrogens with one attached hydrogen (secondary N) is 1. The molecule has 2 aromatic carbocycles. The lowest BCUT2D eigenvalue weighted by Crippen LogP contribution is -2.37. The Morgan fingerprint density at radius 1 is 1.09 bits per heavy atom. The molecule has 9 nitrogen and oxygen atoms in total. The first kappa shape index (κ1) is 23.6. The highest BCUT2D eigenvalue weighted by atomic mass is 16.4. The van der Waals surface area contributed by atoms with Crippen molar-refractivity contribution in [1.29, 1.82) is 0 Å². The van der Waals surface area contributed by atoms with Crippen molar-refractivity contribution in [2.24, 2.45) is 11.5 Å². The summed E-state index contributed by atoms with van der Waals surface area (Å²) in [4.78, 5) is 37.2. The van der Waals surface area contributed by atoms with Crippen LogP contribution in [0.5, 0.6) is 0 Å². The van der Waals surface area contributed by atoms with E-state index < -0.39 is 17.9 Å². The number of carbonyl (C=O) groups excluding carboxylic acids is 1. The first-order valence-corrected chi connectivity index (χ1v) is 11.3. The summed E-state index contributed by atoms with van der Waals surface area (Å²) in [5, 5.41) is 11.5. The average molecular weight is 463 g/mol. The fraction of sp³-hybridized carbons (Fsp3) is 0.320. The molecule has 0 fully saturated rings. The summed E-state index contributed by atoms with van der Waals surface area (Å²) in [6, 6.07) is 12.1. The number of rotatable bonds is 10. The van der Waals surface area contributed by atoms with Gasteiger partial charge in [-0.15, -0.1) is 0 Å². The second kappa shape index (κ2) is 9.76. The van der Waals surface area contributed by atoms with Crippen LogP contribution < -0.4 is 11.5 Å². The van der Waals surface area contributed by atoms with Crippen LogP contribution in [0.4, 0.5) is 0 Å². The van der Waals surface area contributed by atoms with Crippen LogP contribution in [0.25, 0.3) is 32.8 Å². The van der Waals surface area contributed by atoms with E-state index >= 15 is 0 Å². The smallest absolute Gasteiger partial charge is 0.338 e. The van der Waals surface area contributed by atoms with Gasteiger partial charge in [-0.25, -0.2) is 9.78 Å². The van der Waals surface area contributed by atoms with Crippen molar-refractivity contribution in [3.63, 3.8) is 0 Å². The third kappa shape index (κ3) is 4.33. The maximum absolute atomic E-state index is 12.6. The first-order valence-electron chi connectivity index (χ1n) is 11.3. The fourth-order valence-electron chi connectivity index (χ4n) is 4.69. The number of hydrogen-bond acceptors (Lipinski definition) is 6. The van der Waals surface area contributed by atoms with Gasteiger partial charge in [-0.05, 0) is 44.8 Å². The van der Waals surface area contributed by atoms with Gasteiger partial charge in [-0.3, -0.25) is 9.69 Å². The molecule has 0 aliphatic heterocycles. The monoisotopic (exact) mass is 462 g/mol. The minimum absolute atomic E-state index is 0.0918. The van der Waals surface area contributed by atoms with Gasteiger partial charge >= 0.3 is 5.97 Å². The highest BCUT2D eigenvalue weighted by Crippen LogP contribution is 2.35. The molecule has 1 amide bonds. The number of primary amides is 1. The van der Waals surface area contributed by atoms with Gasteiger partial charge in [0.2, 0.25) is 5.91 Å². The SMILES string of the molecule is CN(CCN)CCCN(C)C(C(N)=O)c1cccc2nc3c([nH]c4ccccc43)c(C(=O)O)c12. The number of benzene rings is 2. The number of fused-ring (bicyclic) bond motifs is 4. The van der Waals surface area contributed by atoms with Gasteiger partial charge in [0.25, 0.3) is 0 Å². The Morgan fingerprint density at radius 2 is 1.85 bits per heavy atom. The molecular formula is C25H30N6O3. The molecule has 4 rings (SSSR count). The van der Waals surface area contributed by atoms with E-state index in [1.54, 1.807) is 18.2 Å². The van der Waals surface area contributed by atoms with Crippen molar-refractivity contribution in [3.8, 4) is 0 Å². The predicted molar refractivity (Wildman–Crippen MR) is 134 cm³/mol. The van der Waals surface area contributed by atoms with Crippen LogP contribution in [0.1, 0.15) is 28.4 Å². The molecule has 0 aliphatic rings. The standard InChI is InChI=1S/C25H30N6O3/c1-30(14-11-26)12-6-13-31(2)23(24(27)32)16-8-5-10-18-19(16)20(25(33)34)22-21(29-18)15-7-3-4-9-17(15)28-22/h3-5,7-10,23,28H,6,11-14,26H2,1-2H3,(H2,27,32)(H,33,34). The number of amides is 1. The molecule has 4 aromatic rings. The number of hydrogen-bond donors (Lipinski definition) is 4. The van der Waals surface area contributed by atoms with Crippen LogP contribution >= 0.6 is 0 Å². The van der Waals surface area contributed by atoms with E-state index in [0.29, 0.717) is 40.6 Å². The van der Waals surface area contributed by atoms with Crippen molar-refractivity contribution in [3.05, 3.63) is 53.6 Å². The Hall–Kier alpha value is -3.53. The number of aromatic carboxylic acids is 1. The van der Waals surface area contributed by atoms with Crippen LogP contribution in [0.3, 0.4) is 0 Å². The van der Waals surface area contributed by atoms with Gasteiger partial charge in [0.1, 0.15) is 6.04 Å². The summed E-state index contributed by atoms with van der Waals surface area (Å²) in [6.45, 7) is 2.80. The van der Waals surface area contributed by atoms with Gasteiger partial charge in [-0.2, -0.15) is 0 Å². The molecule has 178 valence electrons. The molecule has 2 aromatic heterocycles. The van der Waals surface area contributed by atoms with Gasteiger partial charge in [0.05, 0.1) is 22.1 Å². The van der Waals surface area contributed by atoms with Crippen LogP contribution in [0.2, 0.25) is 0 Å². The molecule has 2 heterocycles. The minimum atomic E-state index is -1.09. The van der Waals surface area contributed by atoms with E-state index in [0.717, 1.165) is 30.4 Å². The van der Waals surface area contributed by atoms with E-state index in [1.807, 2.05) is 43.3 Å². The van der Waals surface area contributed by atoms with Gasteiger partial charge < -0.3 is 26.5 Å². The number of nitrogens with zero attached hydrogens (tertiary/aromatic N) is 3. The number of aromatic nitrogens is 2. The number of carboxylic acid groups (broad SMARTS) is 1. The van der Waals surface area contributed by atoms with E-state index in [9.17, 15) is 14.7 Å². The van der Waals surface area contributed by atoms with Crippen molar-refractivity contribution >= 4 is 44.7 Å². The summed E-state index contributed by atoms with van der Waals surface area (Å²) < 4.78 is 0. The lowest BCUT2D eigenvalue weighted by atomic mass is 9.95. The van der Waals surface area contributed by atoms with Crippen LogP contribution in [-0.2, 0) is 4.79 Å². The van der Waals surface area contributed by atoms with Crippen molar-refractivity contribution in [2.45, 2.75) is 12.5 Å². The maximum Gasteiger partial charge on any atom is 0.338 e. The molecule has 1 atom stereocenters. The van der Waals surface area contributed by atoms with E-state index in [2.05, 4.69) is 9.88 Å². The molecule has 0 aliphatic carbocycles. The van der Waals surface area contributed by atoms with Gasteiger partial charge in [0, 0.05) is 35.9 Å². The van der Waals surface area contributed by atoms with E-state index in [-0.39, 0.29) is 5.56 Å². The largest absolute Gasteiger partial charge is 0.478 e. The normalized spacial score (nSPS) is 12.9. The topological polar surface area (TPSA) is 142 Å². The summed E-state index contributed by atoms with van der Waals surface area (Å²) in [5.41, 5.74) is 14.4. The number of aromatic amines is 1. The molecule has 34 heavy (non-hydrogen) atoms. The molecule has 1 unspecified atom stereocenters. The zero-order valence-corrected chi connectivity index (χ0v) is 19.4. The Balaban J connectivity index is 1.84. The summed E-state index contributed by atoms with van der Waals surface area (Å²) in [5.74, 6) is -1.64. The van der Waals surface area contributed by atoms with Crippen molar-refractivity contribution < 1.29 is 14.7 Å². The molecule has 6 N–H and O–H groups in total. The van der Waals surface area contributed by atoms with Gasteiger partial charge in [0.15, 0.2) is 0 Å². The Kier molecular flexibility index (Phi) is 6.78. The molecule has 0 spiro atoms. The summed E-state index contributed by atoms with van der Waals surface area (Å²) in [7, 11) is 3.83. The Morgan fingerprint density at radius 3 is 2.56 bits per heavy atom. The number of pyridine rings is 1. The number of nitrogens with two attached hydrogens (primary N) is 2. The Bertz CT molecular complexity index is 1370. The number of carboxylic acids is 1. The molecule has 0 saturated heterocycles. The third-order valence-electron chi connectivity index (χ3n) is 6.27. The highest BCUT2D eigenvalue weighted by molar-refractivity contribution is 6.19. The fourth-order valence-corrected chi connectivity index (χ4v) is 4.69. The first-order chi connectivity index (χ1) is 16.3. The molecule has 9 heteroatoms. The van der Waals surface area contributed by atoms with E-state index in [4.69, 9.17) is 16.5 Å².